The van der Waals surface area contributed by atoms with E-state index in [9.17, 15) is 9.59 Å². The van der Waals surface area contributed by atoms with Gasteiger partial charge in [0.1, 0.15) is 11.9 Å². The van der Waals surface area contributed by atoms with Crippen molar-refractivity contribution in [1.29, 1.82) is 0 Å². The van der Waals surface area contributed by atoms with Crippen LogP contribution in [0.25, 0.3) is 0 Å². The zero-order valence-electron chi connectivity index (χ0n) is 20.8. The number of nitrogens with zero attached hydrogens (tertiary/aromatic N) is 1. The topological polar surface area (TPSA) is 107 Å². The van der Waals surface area contributed by atoms with Crippen LogP contribution in [-0.4, -0.2) is 78.1 Å². The van der Waals surface area contributed by atoms with E-state index >= 15 is 0 Å². The normalized spacial score (nSPS) is 32.1. The van der Waals surface area contributed by atoms with Gasteiger partial charge in [0.25, 0.3) is 0 Å². The lowest BCUT2D eigenvalue weighted by Crippen LogP contribution is -2.69. The van der Waals surface area contributed by atoms with E-state index in [0.717, 1.165) is 32.2 Å². The average molecular weight is 522 g/mol. The Bertz CT molecular complexity index is 690. The fourth-order valence-electron chi connectivity index (χ4n) is 4.50. The second-order valence-electron chi connectivity index (χ2n) is 10.9. The minimum absolute atomic E-state index is 0.0282. The number of urea groups is 1. The molecule has 0 bridgehead atoms. The van der Waals surface area contributed by atoms with E-state index < -0.39 is 5.60 Å². The molecule has 3 fully saturated rings. The highest BCUT2D eigenvalue weighted by atomic mass is 35.5. The molecule has 3 rings (SSSR count). The molecular formula is C23H42Cl2N6O3. The summed E-state index contributed by atoms with van der Waals surface area (Å²) in [6, 6.07) is 0.185. The molecule has 1 heterocycles. The maximum atomic E-state index is 12.6. The van der Waals surface area contributed by atoms with Crippen LogP contribution in [0.5, 0.6) is 0 Å². The third-order valence-corrected chi connectivity index (χ3v) is 7.63. The summed E-state index contributed by atoms with van der Waals surface area (Å²) < 4.78 is 5.40. The van der Waals surface area contributed by atoms with Crippen LogP contribution >= 0.6 is 23.2 Å². The van der Waals surface area contributed by atoms with Crippen LogP contribution in [0.1, 0.15) is 65.7 Å². The molecule has 1 saturated heterocycles. The van der Waals surface area contributed by atoms with Gasteiger partial charge in [0.15, 0.2) is 0 Å². The summed E-state index contributed by atoms with van der Waals surface area (Å²) in [5.74, 6) is 0.660. The van der Waals surface area contributed by atoms with Crippen molar-refractivity contribution in [1.82, 2.24) is 31.5 Å². The third-order valence-electron chi connectivity index (χ3n) is 6.50. The zero-order chi connectivity index (χ0) is 24.9. The van der Waals surface area contributed by atoms with E-state index in [4.69, 9.17) is 27.9 Å². The number of carbonyl (C=O) groups is 2. The molecular weight excluding hydrogens is 479 g/mol. The molecule has 0 spiro atoms. The van der Waals surface area contributed by atoms with E-state index in [-0.39, 0.29) is 41.4 Å². The lowest BCUT2D eigenvalue weighted by atomic mass is 9.95. The molecule has 6 atom stereocenters. The van der Waals surface area contributed by atoms with Crippen molar-refractivity contribution < 1.29 is 14.3 Å². The van der Waals surface area contributed by atoms with Crippen LogP contribution in [0, 0.1) is 5.92 Å². The Labute approximate surface area is 213 Å². The minimum Gasteiger partial charge on any atom is -0.444 e. The predicted octanol–water partition coefficient (Wildman–Crippen LogP) is 2.87. The monoisotopic (exact) mass is 520 g/mol. The number of alkyl halides is 2. The second-order valence-corrected chi connectivity index (χ2v) is 12.0. The van der Waals surface area contributed by atoms with Crippen molar-refractivity contribution in [2.24, 2.45) is 5.92 Å². The number of hydrogen-bond donors (Lipinski definition) is 5. The van der Waals surface area contributed by atoms with Crippen LogP contribution in [-0.2, 0) is 4.74 Å². The van der Waals surface area contributed by atoms with Crippen molar-refractivity contribution in [2.75, 3.05) is 20.1 Å². The SMILES string of the molecule is CN(CCCNC1CC(C2CC2)NC(NC(=O)NC2CCC(Cl)C(Cl)C2)N1)C(=O)OC(C)(C)C. The summed E-state index contributed by atoms with van der Waals surface area (Å²) >= 11 is 12.5. The molecule has 1 aliphatic heterocycles. The zero-order valence-corrected chi connectivity index (χ0v) is 22.3. The van der Waals surface area contributed by atoms with Crippen molar-refractivity contribution in [3.8, 4) is 0 Å². The molecule has 9 nitrogen and oxygen atoms in total. The van der Waals surface area contributed by atoms with Gasteiger partial charge in [-0.15, -0.1) is 23.2 Å². The molecule has 0 radical (unpaired) electrons. The third kappa shape index (κ3) is 9.22. The highest BCUT2D eigenvalue weighted by Crippen LogP contribution is 2.35. The van der Waals surface area contributed by atoms with Gasteiger partial charge in [0.2, 0.25) is 0 Å². The minimum atomic E-state index is -0.496. The summed E-state index contributed by atoms with van der Waals surface area (Å²) in [7, 11) is 1.75. The van der Waals surface area contributed by atoms with Gasteiger partial charge in [-0.3, -0.25) is 10.6 Å². The Balaban J connectivity index is 1.40. The van der Waals surface area contributed by atoms with Crippen molar-refractivity contribution in [2.45, 2.75) is 107 Å². The Morgan fingerprint density at radius 3 is 2.41 bits per heavy atom. The molecule has 196 valence electrons. The van der Waals surface area contributed by atoms with Gasteiger partial charge in [0.05, 0.1) is 16.9 Å². The first-order chi connectivity index (χ1) is 16.0. The summed E-state index contributed by atoms with van der Waals surface area (Å²) in [5, 5.41) is 16.4. The molecule has 0 aromatic carbocycles. The summed E-state index contributed by atoms with van der Waals surface area (Å²) in [6.45, 7) is 6.95. The quantitative estimate of drug-likeness (QED) is 0.249. The molecule has 11 heteroatoms. The Morgan fingerprint density at radius 1 is 1.03 bits per heavy atom. The second kappa shape index (κ2) is 12.3. The lowest BCUT2D eigenvalue weighted by molar-refractivity contribution is 0.0296. The van der Waals surface area contributed by atoms with Gasteiger partial charge in [-0.2, -0.15) is 0 Å². The number of ether oxygens (including phenoxy) is 1. The fraction of sp³-hybridized carbons (Fsp3) is 0.913. The molecule has 3 amide bonds. The molecule has 0 aromatic rings. The average Bonchev–Trinajstić information content (AvgIpc) is 3.58. The van der Waals surface area contributed by atoms with Crippen molar-refractivity contribution >= 4 is 35.3 Å². The van der Waals surface area contributed by atoms with Crippen LogP contribution in [0.2, 0.25) is 0 Å². The largest absolute Gasteiger partial charge is 0.444 e. The molecule has 34 heavy (non-hydrogen) atoms. The lowest BCUT2D eigenvalue weighted by Gasteiger charge is -2.39. The molecule has 0 aromatic heterocycles. The molecule has 2 aliphatic carbocycles. The molecule has 2 saturated carbocycles. The summed E-state index contributed by atoms with van der Waals surface area (Å²) in [5.41, 5.74) is -0.496. The van der Waals surface area contributed by atoms with Crippen molar-refractivity contribution in [3.63, 3.8) is 0 Å². The van der Waals surface area contributed by atoms with Gasteiger partial charge in [-0.1, -0.05) is 0 Å². The number of rotatable bonds is 8. The Hall–Kier alpha value is -1.00. The molecule has 6 unspecified atom stereocenters. The summed E-state index contributed by atoms with van der Waals surface area (Å²) in [4.78, 5) is 26.3. The maximum Gasteiger partial charge on any atom is 0.410 e. The van der Waals surface area contributed by atoms with E-state index in [1.54, 1.807) is 11.9 Å². The number of halogens is 2. The van der Waals surface area contributed by atoms with Crippen LogP contribution < -0.4 is 26.6 Å². The van der Waals surface area contributed by atoms with E-state index in [2.05, 4.69) is 26.6 Å². The van der Waals surface area contributed by atoms with Gasteiger partial charge in [0, 0.05) is 25.7 Å². The van der Waals surface area contributed by atoms with Gasteiger partial charge in [-0.25, -0.2) is 9.59 Å². The van der Waals surface area contributed by atoms with Crippen LogP contribution in [0.15, 0.2) is 0 Å². The van der Waals surface area contributed by atoms with Gasteiger partial charge in [-0.05, 0) is 78.2 Å². The number of carbonyl (C=O) groups excluding carboxylic acids is 2. The molecule has 3 aliphatic rings. The predicted molar refractivity (Wildman–Crippen MR) is 135 cm³/mol. The van der Waals surface area contributed by atoms with E-state index in [1.807, 2.05) is 20.8 Å². The first kappa shape index (κ1) is 27.6. The number of nitrogens with one attached hydrogen (secondary N) is 5. The smallest absolute Gasteiger partial charge is 0.410 e. The fourth-order valence-corrected chi connectivity index (χ4v) is 5.07. The number of amides is 3. The van der Waals surface area contributed by atoms with Crippen LogP contribution in [0.4, 0.5) is 9.59 Å². The first-order valence-corrected chi connectivity index (χ1v) is 13.4. The maximum absolute atomic E-state index is 12.6. The summed E-state index contributed by atoms with van der Waals surface area (Å²) in [6.07, 6.45) is 5.96. The van der Waals surface area contributed by atoms with Crippen LogP contribution in [0.3, 0.4) is 0 Å². The Morgan fingerprint density at radius 2 is 1.76 bits per heavy atom. The first-order valence-electron chi connectivity index (χ1n) is 12.5. The van der Waals surface area contributed by atoms with E-state index in [1.165, 1.54) is 12.8 Å². The Kier molecular flexibility index (Phi) is 9.98. The molecule has 5 N–H and O–H groups in total. The highest BCUT2D eigenvalue weighted by Gasteiger charge is 2.38. The standard InChI is InChI=1S/C23H42Cl2N6O3/c1-23(2,3)34-22(33)31(4)11-5-10-26-19-13-18(14-6-7-14)28-20(29-19)30-21(32)27-15-8-9-16(24)17(25)12-15/h14-20,26,28-29H,5-13H2,1-4H3,(H2,27,30,32). The van der Waals surface area contributed by atoms with E-state index in [0.29, 0.717) is 24.9 Å². The highest BCUT2D eigenvalue weighted by molar-refractivity contribution is 6.30. The number of hydrogen-bond acceptors (Lipinski definition) is 6. The van der Waals surface area contributed by atoms with Crippen molar-refractivity contribution in [3.05, 3.63) is 0 Å². The van der Waals surface area contributed by atoms with Gasteiger partial charge >= 0.3 is 12.1 Å². The van der Waals surface area contributed by atoms with Gasteiger partial charge < -0.3 is 25.6 Å².